The molecule has 0 fully saturated rings. The first-order valence-corrected chi connectivity index (χ1v) is 7.43. The van der Waals surface area contributed by atoms with E-state index in [2.05, 4.69) is 27.9 Å². The molecule has 106 valence electrons. The number of benzene rings is 1. The molecule has 0 aliphatic rings. The minimum absolute atomic E-state index is 0.0467. The summed E-state index contributed by atoms with van der Waals surface area (Å²) in [7, 11) is 0. The fraction of sp³-hybridized carbons (Fsp3) is 0.500. The van der Waals surface area contributed by atoms with Crippen molar-refractivity contribution in [3.05, 3.63) is 27.8 Å². The lowest BCUT2D eigenvalue weighted by Crippen LogP contribution is -2.30. The minimum atomic E-state index is -0.107. The predicted molar refractivity (Wildman–Crippen MR) is 83.4 cm³/mol. The molecule has 19 heavy (non-hydrogen) atoms. The van der Waals surface area contributed by atoms with Gasteiger partial charge in [0, 0.05) is 13.2 Å². The van der Waals surface area contributed by atoms with Gasteiger partial charge in [0.1, 0.15) is 5.75 Å². The van der Waals surface area contributed by atoms with Crippen LogP contribution in [0.4, 0.5) is 0 Å². The van der Waals surface area contributed by atoms with E-state index in [-0.39, 0.29) is 18.6 Å². The van der Waals surface area contributed by atoms with Crippen molar-refractivity contribution in [3.8, 4) is 5.75 Å². The zero-order valence-corrected chi connectivity index (χ0v) is 13.5. The molecule has 1 aromatic rings. The van der Waals surface area contributed by atoms with Gasteiger partial charge in [-0.2, -0.15) is 0 Å². The van der Waals surface area contributed by atoms with Crippen LogP contribution in [0, 0.1) is 3.57 Å². The third-order valence-corrected chi connectivity index (χ3v) is 3.18. The summed E-state index contributed by atoms with van der Waals surface area (Å²) >= 11 is 2.18. The summed E-state index contributed by atoms with van der Waals surface area (Å²) in [5, 5.41) is 2.80. The Balaban J connectivity index is 2.13. The predicted octanol–water partition coefficient (Wildman–Crippen LogP) is 2.60. The molecule has 1 rings (SSSR count). The second-order valence-electron chi connectivity index (χ2n) is 4.34. The maximum absolute atomic E-state index is 11.5. The van der Waals surface area contributed by atoms with Crippen molar-refractivity contribution in [2.75, 3.05) is 19.8 Å². The lowest BCUT2D eigenvalue weighted by Gasteiger charge is -2.09. The van der Waals surface area contributed by atoms with E-state index in [0.717, 1.165) is 15.7 Å². The lowest BCUT2D eigenvalue weighted by molar-refractivity contribution is -0.123. The Labute approximate surface area is 128 Å². The normalized spacial score (nSPS) is 10.5. The van der Waals surface area contributed by atoms with E-state index in [1.54, 1.807) is 0 Å². The maximum Gasteiger partial charge on any atom is 0.257 e. The maximum atomic E-state index is 11.5. The highest BCUT2D eigenvalue weighted by Gasteiger charge is 2.04. The van der Waals surface area contributed by atoms with Crippen molar-refractivity contribution >= 4 is 28.5 Å². The number of hydrogen-bond donors (Lipinski definition) is 1. The van der Waals surface area contributed by atoms with Crippen molar-refractivity contribution in [3.63, 3.8) is 0 Å². The largest absolute Gasteiger partial charge is 0.483 e. The Kier molecular flexibility index (Phi) is 7.81. The first kappa shape index (κ1) is 16.2. The molecule has 0 radical (unpaired) electrons. The van der Waals surface area contributed by atoms with Crippen molar-refractivity contribution in [2.24, 2.45) is 0 Å². The van der Waals surface area contributed by atoms with Gasteiger partial charge in [0.15, 0.2) is 6.61 Å². The molecule has 0 atom stereocenters. The average molecular weight is 377 g/mol. The van der Waals surface area contributed by atoms with Crippen LogP contribution in [0.15, 0.2) is 24.3 Å². The molecule has 0 unspecified atom stereocenters. The number of rotatable bonds is 8. The Morgan fingerprint density at radius 3 is 2.79 bits per heavy atom. The minimum Gasteiger partial charge on any atom is -0.483 e. The molecule has 0 aliphatic carbocycles. The van der Waals surface area contributed by atoms with Crippen LogP contribution in [-0.4, -0.2) is 31.8 Å². The summed E-state index contributed by atoms with van der Waals surface area (Å²) in [4.78, 5) is 11.5. The van der Waals surface area contributed by atoms with Gasteiger partial charge >= 0.3 is 0 Å². The first-order chi connectivity index (χ1) is 9.09. The highest BCUT2D eigenvalue weighted by molar-refractivity contribution is 14.1. The third kappa shape index (κ3) is 7.37. The molecule has 0 aliphatic heterocycles. The molecular weight excluding hydrogens is 357 g/mol. The molecular formula is C14H20INO3. The SMILES string of the molecule is CC(C)OCCCNC(=O)COc1ccccc1I. The van der Waals surface area contributed by atoms with Crippen molar-refractivity contribution in [1.82, 2.24) is 5.32 Å². The van der Waals surface area contributed by atoms with Gasteiger partial charge in [-0.05, 0) is 55.0 Å². The molecule has 0 aromatic heterocycles. The second kappa shape index (κ2) is 9.14. The number of hydrogen-bond acceptors (Lipinski definition) is 3. The highest BCUT2D eigenvalue weighted by atomic mass is 127. The summed E-state index contributed by atoms with van der Waals surface area (Å²) in [5.41, 5.74) is 0. The number of para-hydroxylation sites is 1. The van der Waals surface area contributed by atoms with Gasteiger partial charge in [0.25, 0.3) is 5.91 Å². The monoisotopic (exact) mass is 377 g/mol. The molecule has 0 saturated carbocycles. The fourth-order valence-electron chi connectivity index (χ4n) is 1.38. The van der Waals surface area contributed by atoms with E-state index in [1.807, 2.05) is 38.1 Å². The Hall–Kier alpha value is -0.820. The topological polar surface area (TPSA) is 47.6 Å². The Morgan fingerprint density at radius 2 is 2.11 bits per heavy atom. The average Bonchev–Trinajstić information content (AvgIpc) is 2.37. The molecule has 0 heterocycles. The molecule has 1 aromatic carbocycles. The van der Waals surface area contributed by atoms with Crippen LogP contribution in [-0.2, 0) is 9.53 Å². The van der Waals surface area contributed by atoms with E-state index in [0.29, 0.717) is 13.2 Å². The van der Waals surface area contributed by atoms with Crippen LogP contribution in [0.2, 0.25) is 0 Å². The summed E-state index contributed by atoms with van der Waals surface area (Å²) in [6.07, 6.45) is 1.05. The number of carbonyl (C=O) groups excluding carboxylic acids is 1. The molecule has 1 N–H and O–H groups in total. The van der Waals surface area contributed by atoms with Crippen LogP contribution in [0.3, 0.4) is 0 Å². The van der Waals surface area contributed by atoms with E-state index in [9.17, 15) is 4.79 Å². The first-order valence-electron chi connectivity index (χ1n) is 6.35. The van der Waals surface area contributed by atoms with Gasteiger partial charge in [-0.15, -0.1) is 0 Å². The molecule has 5 heteroatoms. The molecule has 1 amide bonds. The Morgan fingerprint density at radius 1 is 1.37 bits per heavy atom. The second-order valence-corrected chi connectivity index (χ2v) is 5.50. The van der Waals surface area contributed by atoms with Crippen molar-refractivity contribution in [1.29, 1.82) is 0 Å². The van der Waals surface area contributed by atoms with E-state index < -0.39 is 0 Å². The van der Waals surface area contributed by atoms with Crippen LogP contribution in [0.25, 0.3) is 0 Å². The number of halogens is 1. The van der Waals surface area contributed by atoms with Gasteiger partial charge in [0.2, 0.25) is 0 Å². The third-order valence-electron chi connectivity index (χ3n) is 2.29. The standard InChI is InChI=1S/C14H20INO3/c1-11(2)18-9-5-8-16-14(17)10-19-13-7-4-3-6-12(13)15/h3-4,6-7,11H,5,8-10H2,1-2H3,(H,16,17). The van der Waals surface area contributed by atoms with Crippen molar-refractivity contribution in [2.45, 2.75) is 26.4 Å². The number of carbonyl (C=O) groups is 1. The lowest BCUT2D eigenvalue weighted by atomic mass is 10.3. The quantitative estimate of drug-likeness (QED) is 0.560. The van der Waals surface area contributed by atoms with Crippen molar-refractivity contribution < 1.29 is 14.3 Å². The van der Waals surface area contributed by atoms with Crippen LogP contribution in [0.5, 0.6) is 5.75 Å². The Bertz CT molecular complexity index is 396. The van der Waals surface area contributed by atoms with Crippen LogP contribution >= 0.6 is 22.6 Å². The van der Waals surface area contributed by atoms with E-state index in [1.165, 1.54) is 0 Å². The molecule has 4 nitrogen and oxygen atoms in total. The summed E-state index contributed by atoms with van der Waals surface area (Å²) in [6.45, 7) is 5.31. The van der Waals surface area contributed by atoms with Gasteiger partial charge in [-0.1, -0.05) is 12.1 Å². The number of ether oxygens (including phenoxy) is 2. The van der Waals surface area contributed by atoms with Crippen LogP contribution < -0.4 is 10.1 Å². The fourth-order valence-corrected chi connectivity index (χ4v) is 1.92. The van der Waals surface area contributed by atoms with E-state index in [4.69, 9.17) is 9.47 Å². The number of amides is 1. The molecule has 0 spiro atoms. The molecule has 0 bridgehead atoms. The summed E-state index contributed by atoms with van der Waals surface area (Å²) in [6, 6.07) is 7.62. The molecule has 0 saturated heterocycles. The van der Waals surface area contributed by atoms with Gasteiger partial charge in [-0.3, -0.25) is 4.79 Å². The van der Waals surface area contributed by atoms with E-state index >= 15 is 0 Å². The number of nitrogens with one attached hydrogen (secondary N) is 1. The summed E-state index contributed by atoms with van der Waals surface area (Å²) in [5.74, 6) is 0.630. The zero-order valence-electron chi connectivity index (χ0n) is 11.3. The van der Waals surface area contributed by atoms with Crippen LogP contribution in [0.1, 0.15) is 20.3 Å². The summed E-state index contributed by atoms with van der Waals surface area (Å²) < 4.78 is 11.8. The highest BCUT2D eigenvalue weighted by Crippen LogP contribution is 2.19. The van der Waals surface area contributed by atoms with Gasteiger partial charge < -0.3 is 14.8 Å². The zero-order chi connectivity index (χ0) is 14.1. The van der Waals surface area contributed by atoms with Gasteiger partial charge in [-0.25, -0.2) is 0 Å². The van der Waals surface area contributed by atoms with Gasteiger partial charge in [0.05, 0.1) is 9.67 Å². The smallest absolute Gasteiger partial charge is 0.257 e.